The smallest absolute Gasteiger partial charge is 0.200 e. The molecule has 0 bridgehead atoms. The number of hydrogen-bond acceptors (Lipinski definition) is 1. The fourth-order valence-electron chi connectivity index (χ4n) is 4.27. The second kappa shape index (κ2) is 7.97. The number of aromatic nitrogens is 1. The molecule has 0 spiro atoms. The molecule has 0 saturated carbocycles. The summed E-state index contributed by atoms with van der Waals surface area (Å²) in [4.78, 5) is 0. The van der Waals surface area contributed by atoms with Crippen molar-refractivity contribution in [3.8, 4) is 39.6 Å². The lowest BCUT2D eigenvalue weighted by atomic mass is 9.91. The maximum absolute atomic E-state index is 9.13. The molecule has 0 saturated heterocycles. The van der Waals surface area contributed by atoms with Crippen LogP contribution in [-0.4, -0.2) is 0 Å². The third-order valence-corrected chi connectivity index (χ3v) is 5.69. The maximum Gasteiger partial charge on any atom is 0.212 e. The van der Waals surface area contributed by atoms with Crippen molar-refractivity contribution in [2.24, 2.45) is 7.05 Å². The summed E-state index contributed by atoms with van der Waals surface area (Å²) in [5, 5.41) is 9.13. The number of aryl methyl sites for hydroxylation is 4. The fourth-order valence-corrected chi connectivity index (χ4v) is 4.27. The van der Waals surface area contributed by atoms with Crippen LogP contribution < -0.4 is 4.57 Å². The van der Waals surface area contributed by atoms with Gasteiger partial charge in [0.1, 0.15) is 7.05 Å². The Morgan fingerprint density at radius 2 is 1.40 bits per heavy atom. The SMILES string of the molecule is Cc1cc(C#N)ccc1-c1ccc(-c2c(C)cc(-c3ccccc3)cc2C)c[n+]1C. The van der Waals surface area contributed by atoms with Crippen LogP contribution in [0.25, 0.3) is 33.5 Å². The monoisotopic (exact) mass is 389 g/mol. The summed E-state index contributed by atoms with van der Waals surface area (Å²) < 4.78 is 2.17. The minimum absolute atomic E-state index is 0.695. The van der Waals surface area contributed by atoms with E-state index >= 15 is 0 Å². The van der Waals surface area contributed by atoms with Gasteiger partial charge >= 0.3 is 0 Å². The van der Waals surface area contributed by atoms with Gasteiger partial charge in [-0.1, -0.05) is 42.5 Å². The predicted molar refractivity (Wildman–Crippen MR) is 123 cm³/mol. The minimum atomic E-state index is 0.695. The van der Waals surface area contributed by atoms with Crippen LogP contribution in [0.1, 0.15) is 22.3 Å². The highest BCUT2D eigenvalue weighted by Gasteiger charge is 2.16. The highest BCUT2D eigenvalue weighted by molar-refractivity contribution is 5.76. The second-order valence-electron chi connectivity index (χ2n) is 7.91. The van der Waals surface area contributed by atoms with E-state index in [4.69, 9.17) is 5.26 Å². The third kappa shape index (κ3) is 3.63. The van der Waals surface area contributed by atoms with Crippen molar-refractivity contribution in [3.63, 3.8) is 0 Å². The van der Waals surface area contributed by atoms with Crippen molar-refractivity contribution in [3.05, 3.63) is 101 Å². The number of rotatable bonds is 3. The molecule has 0 aliphatic carbocycles. The molecule has 2 heteroatoms. The number of pyridine rings is 1. The molecular formula is C28H25N2+. The van der Waals surface area contributed by atoms with Crippen LogP contribution in [0.15, 0.2) is 79.0 Å². The molecule has 0 unspecified atom stereocenters. The lowest BCUT2D eigenvalue weighted by Gasteiger charge is -2.13. The van der Waals surface area contributed by atoms with Gasteiger partial charge in [-0.3, -0.25) is 0 Å². The van der Waals surface area contributed by atoms with Gasteiger partial charge in [0.25, 0.3) is 0 Å². The van der Waals surface area contributed by atoms with E-state index in [9.17, 15) is 0 Å². The molecule has 0 radical (unpaired) electrons. The van der Waals surface area contributed by atoms with E-state index in [0.29, 0.717) is 5.56 Å². The summed E-state index contributed by atoms with van der Waals surface area (Å²) in [6.07, 6.45) is 2.20. The topological polar surface area (TPSA) is 27.7 Å². The summed E-state index contributed by atoms with van der Waals surface area (Å²) >= 11 is 0. The van der Waals surface area contributed by atoms with Crippen LogP contribution in [-0.2, 0) is 7.05 Å². The standard InChI is InChI=1S/C28H25N2/c1-19-14-22(17-29)10-12-26(19)27-13-11-24(18-30(27)4)28-20(2)15-25(16-21(28)3)23-8-6-5-7-9-23/h5-16,18H,1-4H3/q+1. The molecule has 0 aliphatic rings. The Morgan fingerprint density at radius 3 is 2.00 bits per heavy atom. The van der Waals surface area contributed by atoms with E-state index in [0.717, 1.165) is 16.8 Å². The molecular weight excluding hydrogens is 364 g/mol. The average molecular weight is 390 g/mol. The molecule has 146 valence electrons. The zero-order valence-electron chi connectivity index (χ0n) is 17.9. The summed E-state index contributed by atoms with van der Waals surface area (Å²) in [5.74, 6) is 0. The first-order chi connectivity index (χ1) is 14.5. The van der Waals surface area contributed by atoms with Crippen LogP contribution in [0.2, 0.25) is 0 Å². The van der Waals surface area contributed by atoms with Gasteiger partial charge in [0, 0.05) is 17.2 Å². The van der Waals surface area contributed by atoms with E-state index in [2.05, 4.69) is 99.2 Å². The van der Waals surface area contributed by atoms with Crippen molar-refractivity contribution >= 4 is 0 Å². The van der Waals surface area contributed by atoms with E-state index in [1.165, 1.54) is 33.4 Å². The normalized spacial score (nSPS) is 10.6. The first-order valence-electron chi connectivity index (χ1n) is 10.2. The number of nitrogens with zero attached hydrogens (tertiary/aromatic N) is 2. The Labute approximate surface area is 178 Å². The lowest BCUT2D eigenvalue weighted by molar-refractivity contribution is -0.659. The Balaban J connectivity index is 1.76. The Morgan fingerprint density at radius 1 is 0.700 bits per heavy atom. The summed E-state index contributed by atoms with van der Waals surface area (Å²) in [7, 11) is 2.08. The number of hydrogen-bond donors (Lipinski definition) is 0. The van der Waals surface area contributed by atoms with Crippen molar-refractivity contribution in [2.45, 2.75) is 20.8 Å². The third-order valence-electron chi connectivity index (χ3n) is 5.69. The lowest BCUT2D eigenvalue weighted by Crippen LogP contribution is -2.31. The molecule has 1 heterocycles. The quantitative estimate of drug-likeness (QED) is 0.377. The Kier molecular flexibility index (Phi) is 5.21. The second-order valence-corrected chi connectivity index (χ2v) is 7.91. The van der Waals surface area contributed by atoms with E-state index < -0.39 is 0 Å². The molecule has 0 aliphatic heterocycles. The van der Waals surface area contributed by atoms with Gasteiger partial charge in [-0.15, -0.1) is 0 Å². The van der Waals surface area contributed by atoms with Crippen LogP contribution in [0, 0.1) is 32.1 Å². The first-order valence-corrected chi connectivity index (χ1v) is 10.2. The van der Waals surface area contributed by atoms with Gasteiger partial charge in [0.2, 0.25) is 5.69 Å². The van der Waals surface area contributed by atoms with Crippen LogP contribution in [0.5, 0.6) is 0 Å². The maximum atomic E-state index is 9.13. The molecule has 4 rings (SSSR count). The van der Waals surface area contributed by atoms with Crippen molar-refractivity contribution < 1.29 is 4.57 Å². The Bertz CT molecular complexity index is 1260. The van der Waals surface area contributed by atoms with Crippen LogP contribution in [0.3, 0.4) is 0 Å². The van der Waals surface area contributed by atoms with Gasteiger partial charge in [-0.05, 0) is 78.4 Å². The minimum Gasteiger partial charge on any atom is -0.200 e. The predicted octanol–water partition coefficient (Wildman–Crippen LogP) is 6.31. The van der Waals surface area contributed by atoms with Gasteiger partial charge in [0.05, 0.1) is 11.6 Å². The molecule has 0 N–H and O–H groups in total. The molecule has 0 amide bonds. The zero-order valence-corrected chi connectivity index (χ0v) is 17.9. The molecule has 2 nitrogen and oxygen atoms in total. The van der Waals surface area contributed by atoms with Crippen molar-refractivity contribution in [1.29, 1.82) is 5.26 Å². The summed E-state index contributed by atoms with van der Waals surface area (Å²) in [6.45, 7) is 6.43. The first kappa shape index (κ1) is 19.6. The molecule has 4 aromatic rings. The number of nitriles is 1. The van der Waals surface area contributed by atoms with Gasteiger partial charge in [-0.2, -0.15) is 5.26 Å². The van der Waals surface area contributed by atoms with Crippen LogP contribution >= 0.6 is 0 Å². The average Bonchev–Trinajstić information content (AvgIpc) is 2.74. The summed E-state index contributed by atoms with van der Waals surface area (Å²) in [6, 6.07) is 27.5. The molecule has 1 aromatic heterocycles. The van der Waals surface area contributed by atoms with Crippen molar-refractivity contribution in [1.82, 2.24) is 0 Å². The van der Waals surface area contributed by atoms with Crippen LogP contribution in [0.4, 0.5) is 0 Å². The summed E-state index contributed by atoms with van der Waals surface area (Å²) in [5.41, 5.74) is 11.6. The zero-order chi connectivity index (χ0) is 21.3. The van der Waals surface area contributed by atoms with E-state index in [1.807, 2.05) is 18.2 Å². The highest BCUT2D eigenvalue weighted by atomic mass is 14.9. The van der Waals surface area contributed by atoms with Gasteiger partial charge in [-0.25, -0.2) is 4.57 Å². The molecule has 30 heavy (non-hydrogen) atoms. The van der Waals surface area contributed by atoms with Crippen molar-refractivity contribution in [2.75, 3.05) is 0 Å². The fraction of sp³-hybridized carbons (Fsp3) is 0.143. The van der Waals surface area contributed by atoms with Gasteiger partial charge in [0.15, 0.2) is 6.20 Å². The molecule has 3 aromatic carbocycles. The molecule has 0 fully saturated rings. The Hall–Kier alpha value is -3.70. The van der Waals surface area contributed by atoms with E-state index in [-0.39, 0.29) is 0 Å². The molecule has 0 atom stereocenters. The number of benzene rings is 3. The van der Waals surface area contributed by atoms with E-state index in [1.54, 1.807) is 0 Å². The largest absolute Gasteiger partial charge is 0.212 e. The van der Waals surface area contributed by atoms with Gasteiger partial charge < -0.3 is 0 Å². The highest BCUT2D eigenvalue weighted by Crippen LogP contribution is 2.32.